The van der Waals surface area contributed by atoms with E-state index in [1.807, 2.05) is 11.0 Å². The van der Waals surface area contributed by atoms with Gasteiger partial charge in [0.2, 0.25) is 0 Å². The van der Waals surface area contributed by atoms with Gasteiger partial charge < -0.3 is 18.8 Å². The minimum absolute atomic E-state index is 0.0832. The van der Waals surface area contributed by atoms with Gasteiger partial charge in [0.05, 0.1) is 20.3 Å². The van der Waals surface area contributed by atoms with Crippen LogP contribution in [-0.2, 0) is 4.74 Å². The fourth-order valence-corrected chi connectivity index (χ4v) is 2.28. The van der Waals surface area contributed by atoms with E-state index in [2.05, 4.69) is 0 Å². The molecule has 0 unspecified atom stereocenters. The summed E-state index contributed by atoms with van der Waals surface area (Å²) in [6, 6.07) is 6.88. The molecule has 5 heteroatoms. The van der Waals surface area contributed by atoms with E-state index in [0.717, 1.165) is 13.1 Å². The summed E-state index contributed by atoms with van der Waals surface area (Å²) < 4.78 is 16.3. The number of hydrogen-bond acceptors (Lipinski definition) is 5. The number of methoxy groups -OCH3 is 1. The van der Waals surface area contributed by atoms with Crippen LogP contribution in [0.15, 0.2) is 33.5 Å². The van der Waals surface area contributed by atoms with Gasteiger partial charge in [-0.05, 0) is 12.1 Å². The second kappa shape index (κ2) is 4.93. The zero-order valence-corrected chi connectivity index (χ0v) is 10.7. The predicted molar refractivity (Wildman–Crippen MR) is 72.1 cm³/mol. The van der Waals surface area contributed by atoms with Gasteiger partial charge in [0.15, 0.2) is 11.3 Å². The van der Waals surface area contributed by atoms with Crippen LogP contribution in [0.1, 0.15) is 0 Å². The molecule has 0 aliphatic carbocycles. The van der Waals surface area contributed by atoms with E-state index < -0.39 is 0 Å². The lowest BCUT2D eigenvalue weighted by atomic mass is 10.2. The van der Waals surface area contributed by atoms with Crippen LogP contribution in [0.4, 0.5) is 5.88 Å². The standard InChI is InChI=1S/C14H15NO4/c1-17-11-3-2-4-12-14(11)10(16)9-13(19-12)15-5-7-18-8-6-15/h2-4,9H,5-8H2,1H3/i1-1. The second-order valence-corrected chi connectivity index (χ2v) is 4.38. The van der Waals surface area contributed by atoms with E-state index in [4.69, 9.17) is 13.9 Å². The zero-order chi connectivity index (χ0) is 13.2. The van der Waals surface area contributed by atoms with E-state index >= 15 is 0 Å². The lowest BCUT2D eigenvalue weighted by molar-refractivity contribution is 0.121. The van der Waals surface area contributed by atoms with Crippen molar-refractivity contribution in [1.82, 2.24) is 0 Å². The van der Waals surface area contributed by atoms with Gasteiger partial charge in [0.25, 0.3) is 0 Å². The molecule has 0 bridgehead atoms. The molecule has 1 aromatic heterocycles. The summed E-state index contributed by atoms with van der Waals surface area (Å²) in [4.78, 5) is 14.2. The highest BCUT2D eigenvalue weighted by Crippen LogP contribution is 2.26. The van der Waals surface area contributed by atoms with Crippen LogP contribution in [0.25, 0.3) is 11.0 Å². The number of hydrogen-bond donors (Lipinski definition) is 0. The van der Waals surface area contributed by atoms with Crippen LogP contribution >= 0.6 is 0 Å². The Labute approximate surface area is 110 Å². The van der Waals surface area contributed by atoms with Crippen molar-refractivity contribution in [2.75, 3.05) is 38.3 Å². The number of rotatable bonds is 2. The number of benzene rings is 1. The molecule has 0 spiro atoms. The zero-order valence-electron chi connectivity index (χ0n) is 10.7. The number of morpholine rings is 1. The molecule has 19 heavy (non-hydrogen) atoms. The lowest BCUT2D eigenvalue weighted by Crippen LogP contribution is -2.36. The molecule has 0 radical (unpaired) electrons. The van der Waals surface area contributed by atoms with Gasteiger partial charge >= 0.3 is 0 Å². The molecule has 0 amide bonds. The van der Waals surface area contributed by atoms with Gasteiger partial charge in [-0.1, -0.05) is 6.07 Å². The van der Waals surface area contributed by atoms with Crippen LogP contribution in [0.2, 0.25) is 0 Å². The Morgan fingerprint density at radius 2 is 2.05 bits per heavy atom. The number of nitrogens with zero attached hydrogens (tertiary/aromatic N) is 1. The van der Waals surface area contributed by atoms with Crippen molar-refractivity contribution in [3.63, 3.8) is 0 Å². The SMILES string of the molecule is [11CH3]Oc1cccc2oc(N3CCOCC3)cc(=O)c12. The third kappa shape index (κ3) is 2.17. The summed E-state index contributed by atoms with van der Waals surface area (Å²) in [5.41, 5.74) is 0.466. The van der Waals surface area contributed by atoms with E-state index in [1.165, 1.54) is 6.07 Å². The minimum atomic E-state index is -0.0832. The molecular formula is C14H15NO4. The van der Waals surface area contributed by atoms with Gasteiger partial charge in [-0.2, -0.15) is 0 Å². The minimum Gasteiger partial charge on any atom is -0.496 e. The van der Waals surface area contributed by atoms with Crippen LogP contribution < -0.4 is 15.1 Å². The first-order valence-corrected chi connectivity index (χ1v) is 6.23. The van der Waals surface area contributed by atoms with E-state index in [1.54, 1.807) is 19.2 Å². The van der Waals surface area contributed by atoms with Crippen LogP contribution in [0, 0.1) is 0 Å². The van der Waals surface area contributed by atoms with Crippen molar-refractivity contribution in [3.05, 3.63) is 34.5 Å². The molecule has 3 rings (SSSR count). The molecule has 0 atom stereocenters. The molecule has 2 aromatic rings. The smallest absolute Gasteiger partial charge is 0.200 e. The summed E-state index contributed by atoms with van der Waals surface area (Å²) in [6.07, 6.45) is 0. The highest BCUT2D eigenvalue weighted by atomic mass is 16.5. The summed E-state index contributed by atoms with van der Waals surface area (Å²) in [7, 11) is 1.55. The average molecular weight is 260 g/mol. The Morgan fingerprint density at radius 3 is 2.79 bits per heavy atom. The Bertz CT molecular complexity index is 643. The number of fused-ring (bicyclic) bond motifs is 1. The summed E-state index contributed by atoms with van der Waals surface area (Å²) >= 11 is 0. The predicted octanol–water partition coefficient (Wildman–Crippen LogP) is 1.64. The molecule has 1 aliphatic heterocycles. The molecule has 0 N–H and O–H groups in total. The molecule has 1 saturated heterocycles. The van der Waals surface area contributed by atoms with E-state index in [0.29, 0.717) is 35.8 Å². The van der Waals surface area contributed by atoms with Crippen molar-refractivity contribution in [2.24, 2.45) is 0 Å². The van der Waals surface area contributed by atoms with E-state index in [9.17, 15) is 4.79 Å². The van der Waals surface area contributed by atoms with Gasteiger partial charge in [0, 0.05) is 19.2 Å². The maximum Gasteiger partial charge on any atom is 0.200 e. The first kappa shape index (κ1) is 12.0. The molecule has 100 valence electrons. The Balaban J connectivity index is 2.12. The fourth-order valence-electron chi connectivity index (χ4n) is 2.28. The molecule has 1 aliphatic rings. The topological polar surface area (TPSA) is 51.9 Å². The van der Waals surface area contributed by atoms with Crippen molar-refractivity contribution in [1.29, 1.82) is 0 Å². The third-order valence-corrected chi connectivity index (χ3v) is 3.25. The summed E-state index contributed by atoms with van der Waals surface area (Å²) in [5, 5.41) is 0.488. The van der Waals surface area contributed by atoms with Crippen molar-refractivity contribution in [3.8, 4) is 5.75 Å². The highest BCUT2D eigenvalue weighted by Gasteiger charge is 2.16. The van der Waals surface area contributed by atoms with Crippen LogP contribution in [0.3, 0.4) is 0 Å². The normalized spacial score (nSPS) is 15.7. The first-order valence-electron chi connectivity index (χ1n) is 6.23. The van der Waals surface area contributed by atoms with E-state index in [-0.39, 0.29) is 5.43 Å². The highest BCUT2D eigenvalue weighted by molar-refractivity contribution is 5.84. The molecule has 2 heterocycles. The summed E-state index contributed by atoms with van der Waals surface area (Å²) in [5.74, 6) is 1.13. The van der Waals surface area contributed by atoms with Crippen molar-refractivity contribution >= 4 is 16.9 Å². The fraction of sp³-hybridized carbons (Fsp3) is 0.357. The quantitative estimate of drug-likeness (QED) is 0.821. The van der Waals surface area contributed by atoms with Gasteiger partial charge in [-0.3, -0.25) is 4.79 Å². The Hall–Kier alpha value is -2.01. The molecule has 0 saturated carbocycles. The molecule has 1 fully saturated rings. The van der Waals surface area contributed by atoms with Crippen LogP contribution in [-0.4, -0.2) is 33.4 Å². The maximum atomic E-state index is 12.2. The summed E-state index contributed by atoms with van der Waals surface area (Å²) in [6.45, 7) is 2.77. The Kier molecular flexibility index (Phi) is 3.13. The van der Waals surface area contributed by atoms with Crippen molar-refractivity contribution in [2.45, 2.75) is 0 Å². The van der Waals surface area contributed by atoms with Crippen LogP contribution in [0.5, 0.6) is 5.75 Å². The largest absolute Gasteiger partial charge is 0.496 e. The molecular weight excluding hydrogens is 245 g/mol. The Morgan fingerprint density at radius 1 is 1.26 bits per heavy atom. The average Bonchev–Trinajstić information content (AvgIpc) is 2.47. The molecule has 1 aromatic carbocycles. The number of ether oxygens (including phenoxy) is 2. The lowest BCUT2D eigenvalue weighted by Gasteiger charge is -2.27. The third-order valence-electron chi connectivity index (χ3n) is 3.25. The van der Waals surface area contributed by atoms with Gasteiger partial charge in [-0.25, -0.2) is 0 Å². The maximum absolute atomic E-state index is 12.2. The monoisotopic (exact) mass is 260 g/mol. The van der Waals surface area contributed by atoms with Gasteiger partial charge in [0.1, 0.15) is 16.7 Å². The number of anilines is 1. The van der Waals surface area contributed by atoms with Gasteiger partial charge in [-0.15, -0.1) is 0 Å². The first-order chi connectivity index (χ1) is 9.29. The molecule has 5 nitrogen and oxygen atoms in total. The van der Waals surface area contributed by atoms with Crippen molar-refractivity contribution < 1.29 is 13.9 Å². The second-order valence-electron chi connectivity index (χ2n) is 4.38.